The summed E-state index contributed by atoms with van der Waals surface area (Å²) in [6, 6.07) is 11.4. The van der Waals surface area contributed by atoms with Gasteiger partial charge in [0.1, 0.15) is 12.4 Å². The van der Waals surface area contributed by atoms with E-state index in [9.17, 15) is 4.79 Å². The SMILES string of the molecule is CC(C)CN1CCN(C(=O)c2occc2COc2ccccc2)CC1. The van der Waals surface area contributed by atoms with Crippen molar-refractivity contribution >= 4 is 5.91 Å². The normalized spacial score (nSPS) is 15.6. The van der Waals surface area contributed by atoms with Crippen LogP contribution in [0.5, 0.6) is 5.75 Å². The van der Waals surface area contributed by atoms with Crippen LogP contribution in [0.15, 0.2) is 47.1 Å². The van der Waals surface area contributed by atoms with E-state index in [0.29, 0.717) is 18.3 Å². The molecule has 2 aromatic rings. The molecule has 0 bridgehead atoms. The molecular weight excluding hydrogens is 316 g/mol. The molecule has 0 spiro atoms. The average molecular weight is 342 g/mol. The van der Waals surface area contributed by atoms with Gasteiger partial charge in [0.05, 0.1) is 6.26 Å². The predicted octanol–water partition coefficient (Wildman–Crippen LogP) is 3.27. The Bertz CT molecular complexity index is 673. The van der Waals surface area contributed by atoms with Gasteiger partial charge in [0.2, 0.25) is 0 Å². The second-order valence-electron chi connectivity index (χ2n) is 6.86. The number of para-hydroxylation sites is 1. The maximum atomic E-state index is 12.8. The van der Waals surface area contributed by atoms with Crippen molar-refractivity contribution in [3.8, 4) is 5.75 Å². The van der Waals surface area contributed by atoms with E-state index in [4.69, 9.17) is 9.15 Å². The number of hydrogen-bond donors (Lipinski definition) is 0. The number of hydrogen-bond acceptors (Lipinski definition) is 4. The number of amides is 1. The van der Waals surface area contributed by atoms with Gasteiger partial charge in [0.15, 0.2) is 5.76 Å². The molecule has 1 aliphatic heterocycles. The summed E-state index contributed by atoms with van der Waals surface area (Å²) in [7, 11) is 0. The molecule has 5 heteroatoms. The zero-order valence-corrected chi connectivity index (χ0v) is 15.0. The lowest BCUT2D eigenvalue weighted by Gasteiger charge is -2.35. The van der Waals surface area contributed by atoms with Gasteiger partial charge in [0.25, 0.3) is 5.91 Å². The highest BCUT2D eigenvalue weighted by Gasteiger charge is 2.26. The van der Waals surface area contributed by atoms with Crippen molar-refractivity contribution in [3.63, 3.8) is 0 Å². The van der Waals surface area contributed by atoms with Gasteiger partial charge in [-0.1, -0.05) is 32.0 Å². The summed E-state index contributed by atoms with van der Waals surface area (Å²) < 4.78 is 11.2. The molecule has 0 atom stereocenters. The highest BCUT2D eigenvalue weighted by atomic mass is 16.5. The fourth-order valence-electron chi connectivity index (χ4n) is 3.11. The van der Waals surface area contributed by atoms with Crippen LogP contribution in [0.4, 0.5) is 0 Å². The molecular formula is C20H26N2O3. The topological polar surface area (TPSA) is 45.9 Å². The van der Waals surface area contributed by atoms with Crippen molar-refractivity contribution < 1.29 is 13.9 Å². The Labute approximate surface area is 149 Å². The van der Waals surface area contributed by atoms with E-state index < -0.39 is 0 Å². The number of carbonyl (C=O) groups is 1. The molecule has 1 fully saturated rings. The van der Waals surface area contributed by atoms with Crippen LogP contribution in [0.3, 0.4) is 0 Å². The van der Waals surface area contributed by atoms with E-state index in [1.165, 1.54) is 0 Å². The lowest BCUT2D eigenvalue weighted by Crippen LogP contribution is -2.49. The maximum Gasteiger partial charge on any atom is 0.290 e. The minimum Gasteiger partial charge on any atom is -0.489 e. The molecule has 1 saturated heterocycles. The molecule has 5 nitrogen and oxygen atoms in total. The van der Waals surface area contributed by atoms with Crippen LogP contribution in [0.1, 0.15) is 30.0 Å². The van der Waals surface area contributed by atoms with E-state index in [-0.39, 0.29) is 5.91 Å². The Morgan fingerprint density at radius 2 is 1.84 bits per heavy atom. The predicted molar refractivity (Wildman–Crippen MR) is 96.7 cm³/mol. The lowest BCUT2D eigenvalue weighted by atomic mass is 10.2. The monoisotopic (exact) mass is 342 g/mol. The molecule has 0 aliphatic carbocycles. The number of furan rings is 1. The molecule has 0 radical (unpaired) electrons. The number of piperazine rings is 1. The van der Waals surface area contributed by atoms with Gasteiger partial charge < -0.3 is 14.1 Å². The lowest BCUT2D eigenvalue weighted by molar-refractivity contribution is 0.0590. The fraction of sp³-hybridized carbons (Fsp3) is 0.450. The first kappa shape index (κ1) is 17.5. The third kappa shape index (κ3) is 4.63. The number of carbonyl (C=O) groups excluding carboxylic acids is 1. The molecule has 0 N–H and O–H groups in total. The van der Waals surface area contributed by atoms with E-state index in [0.717, 1.165) is 44.0 Å². The number of rotatable bonds is 6. The Hall–Kier alpha value is -2.27. The quantitative estimate of drug-likeness (QED) is 0.808. The summed E-state index contributed by atoms with van der Waals surface area (Å²) in [6.45, 7) is 9.17. The van der Waals surface area contributed by atoms with Gasteiger partial charge in [-0.3, -0.25) is 9.69 Å². The van der Waals surface area contributed by atoms with E-state index in [2.05, 4.69) is 18.7 Å². The Balaban J connectivity index is 1.57. The van der Waals surface area contributed by atoms with Crippen LogP contribution >= 0.6 is 0 Å². The molecule has 2 heterocycles. The highest BCUT2D eigenvalue weighted by molar-refractivity contribution is 5.93. The fourth-order valence-corrected chi connectivity index (χ4v) is 3.11. The van der Waals surface area contributed by atoms with Crippen molar-refractivity contribution in [1.82, 2.24) is 9.80 Å². The summed E-state index contributed by atoms with van der Waals surface area (Å²) in [6.07, 6.45) is 1.56. The standard InChI is InChI=1S/C20H26N2O3/c1-16(2)14-21-9-11-22(12-10-21)20(23)19-17(8-13-24-19)15-25-18-6-4-3-5-7-18/h3-8,13,16H,9-12,14-15H2,1-2H3. The maximum absolute atomic E-state index is 12.8. The summed E-state index contributed by atoms with van der Waals surface area (Å²) >= 11 is 0. The second-order valence-corrected chi connectivity index (χ2v) is 6.86. The Morgan fingerprint density at radius 1 is 1.12 bits per heavy atom. The molecule has 0 unspecified atom stereocenters. The first-order chi connectivity index (χ1) is 12.1. The summed E-state index contributed by atoms with van der Waals surface area (Å²) in [5.41, 5.74) is 0.790. The zero-order chi connectivity index (χ0) is 17.6. The van der Waals surface area contributed by atoms with Gasteiger partial charge in [0, 0.05) is 38.3 Å². The molecule has 0 saturated carbocycles. The summed E-state index contributed by atoms with van der Waals surface area (Å²) in [5, 5.41) is 0. The van der Waals surface area contributed by atoms with Gasteiger partial charge in [-0.25, -0.2) is 0 Å². The van der Waals surface area contributed by atoms with Crippen molar-refractivity contribution in [2.45, 2.75) is 20.5 Å². The second kappa shape index (κ2) is 8.21. The van der Waals surface area contributed by atoms with E-state index in [1.54, 1.807) is 6.26 Å². The van der Waals surface area contributed by atoms with Crippen LogP contribution in [0.25, 0.3) is 0 Å². The minimum absolute atomic E-state index is 0.0409. The van der Waals surface area contributed by atoms with Crippen LogP contribution in [-0.4, -0.2) is 48.4 Å². The van der Waals surface area contributed by atoms with Crippen LogP contribution in [0, 0.1) is 5.92 Å². The molecule has 1 aromatic heterocycles. The third-order valence-electron chi connectivity index (χ3n) is 4.36. The van der Waals surface area contributed by atoms with Gasteiger partial charge in [-0.05, 0) is 24.1 Å². The molecule has 1 amide bonds. The first-order valence-corrected chi connectivity index (χ1v) is 8.89. The molecule has 134 valence electrons. The highest BCUT2D eigenvalue weighted by Crippen LogP contribution is 2.18. The summed E-state index contributed by atoms with van der Waals surface area (Å²) in [5.74, 6) is 1.78. The third-order valence-corrected chi connectivity index (χ3v) is 4.36. The largest absolute Gasteiger partial charge is 0.489 e. The molecule has 1 aromatic carbocycles. The van der Waals surface area contributed by atoms with Gasteiger partial charge in [-0.2, -0.15) is 0 Å². The Morgan fingerprint density at radius 3 is 2.52 bits per heavy atom. The van der Waals surface area contributed by atoms with Gasteiger partial charge in [-0.15, -0.1) is 0 Å². The van der Waals surface area contributed by atoms with Crippen LogP contribution in [0.2, 0.25) is 0 Å². The van der Waals surface area contributed by atoms with Crippen molar-refractivity contribution in [1.29, 1.82) is 0 Å². The molecule has 25 heavy (non-hydrogen) atoms. The van der Waals surface area contributed by atoms with Crippen molar-refractivity contribution in [2.75, 3.05) is 32.7 Å². The zero-order valence-electron chi connectivity index (χ0n) is 15.0. The summed E-state index contributed by atoms with van der Waals surface area (Å²) in [4.78, 5) is 17.1. The van der Waals surface area contributed by atoms with Crippen molar-refractivity contribution in [2.24, 2.45) is 5.92 Å². The number of benzene rings is 1. The number of ether oxygens (including phenoxy) is 1. The molecule has 3 rings (SSSR count). The van der Waals surface area contributed by atoms with Crippen LogP contribution < -0.4 is 4.74 Å². The van der Waals surface area contributed by atoms with Crippen LogP contribution in [-0.2, 0) is 6.61 Å². The Kier molecular flexibility index (Phi) is 5.76. The minimum atomic E-state index is -0.0409. The van der Waals surface area contributed by atoms with E-state index in [1.807, 2.05) is 41.3 Å². The number of nitrogens with zero attached hydrogens (tertiary/aromatic N) is 2. The average Bonchev–Trinajstić information content (AvgIpc) is 3.09. The van der Waals surface area contributed by atoms with Crippen molar-refractivity contribution in [3.05, 3.63) is 54.0 Å². The van der Waals surface area contributed by atoms with E-state index >= 15 is 0 Å². The smallest absolute Gasteiger partial charge is 0.290 e. The first-order valence-electron chi connectivity index (χ1n) is 8.89. The van der Waals surface area contributed by atoms with Gasteiger partial charge >= 0.3 is 0 Å². The molecule has 1 aliphatic rings.